The molecule has 0 amide bonds. The van der Waals surface area contributed by atoms with Gasteiger partial charge in [0.05, 0.1) is 0 Å². The highest BCUT2D eigenvalue weighted by Crippen LogP contribution is 2.27. The zero-order chi connectivity index (χ0) is 14.2. The number of hydrogen-bond donors (Lipinski definition) is 1. The maximum atomic E-state index is 13.7. The number of aromatic nitrogens is 2. The molecule has 19 heavy (non-hydrogen) atoms. The molecule has 2 aromatic rings. The van der Waals surface area contributed by atoms with Crippen molar-refractivity contribution < 1.29 is 18.7 Å². The molecule has 1 aromatic carbocycles. The van der Waals surface area contributed by atoms with Crippen molar-refractivity contribution in [3.05, 3.63) is 41.6 Å². The lowest BCUT2D eigenvalue weighted by molar-refractivity contribution is 0.0697. The maximum Gasteiger partial charge on any atom is 0.339 e. The summed E-state index contributed by atoms with van der Waals surface area (Å²) >= 11 is 0. The van der Waals surface area contributed by atoms with E-state index in [2.05, 4.69) is 5.10 Å². The third-order valence-electron chi connectivity index (χ3n) is 2.70. The summed E-state index contributed by atoms with van der Waals surface area (Å²) in [4.78, 5) is 11.2. The van der Waals surface area contributed by atoms with Crippen LogP contribution in [0.2, 0.25) is 0 Å². The van der Waals surface area contributed by atoms with Crippen LogP contribution in [0.25, 0.3) is 11.3 Å². The van der Waals surface area contributed by atoms with Crippen LogP contribution in [-0.4, -0.2) is 20.9 Å². The molecule has 1 N–H and O–H groups in total. The average Bonchev–Trinajstić information content (AvgIpc) is 2.77. The molecule has 100 valence electrons. The van der Waals surface area contributed by atoms with Crippen LogP contribution < -0.4 is 0 Å². The van der Waals surface area contributed by atoms with Crippen molar-refractivity contribution in [2.45, 2.75) is 19.9 Å². The van der Waals surface area contributed by atoms with Crippen molar-refractivity contribution in [2.75, 3.05) is 0 Å². The van der Waals surface area contributed by atoms with E-state index in [1.54, 1.807) is 0 Å². The monoisotopic (exact) mass is 266 g/mol. The van der Waals surface area contributed by atoms with Gasteiger partial charge in [0.15, 0.2) is 11.6 Å². The molecule has 0 saturated heterocycles. The Morgan fingerprint density at radius 2 is 2.05 bits per heavy atom. The Morgan fingerprint density at radius 1 is 1.37 bits per heavy atom. The van der Waals surface area contributed by atoms with Crippen LogP contribution in [0.15, 0.2) is 24.4 Å². The molecule has 6 heteroatoms. The van der Waals surface area contributed by atoms with Crippen molar-refractivity contribution >= 4 is 5.97 Å². The van der Waals surface area contributed by atoms with Gasteiger partial charge < -0.3 is 5.11 Å². The minimum Gasteiger partial charge on any atom is -0.478 e. The van der Waals surface area contributed by atoms with Gasteiger partial charge in [-0.3, -0.25) is 4.68 Å². The summed E-state index contributed by atoms with van der Waals surface area (Å²) in [5.74, 6) is -3.36. The van der Waals surface area contributed by atoms with Crippen LogP contribution in [0.4, 0.5) is 8.78 Å². The molecule has 0 fully saturated rings. The van der Waals surface area contributed by atoms with Crippen molar-refractivity contribution in [1.82, 2.24) is 9.78 Å². The molecule has 1 heterocycles. The van der Waals surface area contributed by atoms with E-state index in [9.17, 15) is 13.6 Å². The van der Waals surface area contributed by atoms with Gasteiger partial charge in [-0.1, -0.05) is 6.07 Å². The van der Waals surface area contributed by atoms with Gasteiger partial charge in [-0.25, -0.2) is 13.6 Å². The fourth-order valence-corrected chi connectivity index (χ4v) is 1.70. The van der Waals surface area contributed by atoms with E-state index >= 15 is 0 Å². The van der Waals surface area contributed by atoms with Gasteiger partial charge in [-0.2, -0.15) is 5.10 Å². The summed E-state index contributed by atoms with van der Waals surface area (Å²) in [5, 5.41) is 13.1. The number of rotatable bonds is 3. The van der Waals surface area contributed by atoms with Gasteiger partial charge in [0.2, 0.25) is 0 Å². The molecule has 0 atom stereocenters. The fraction of sp³-hybridized carbons (Fsp3) is 0.231. The van der Waals surface area contributed by atoms with Crippen LogP contribution in [0.1, 0.15) is 30.2 Å². The number of aromatic carboxylic acids is 1. The molecular weight excluding hydrogens is 254 g/mol. The fourth-order valence-electron chi connectivity index (χ4n) is 1.70. The summed E-state index contributed by atoms with van der Waals surface area (Å²) in [6.45, 7) is 3.62. The summed E-state index contributed by atoms with van der Waals surface area (Å²) in [5.41, 5.74) is -0.381. The quantitative estimate of drug-likeness (QED) is 0.928. The van der Waals surface area contributed by atoms with Crippen molar-refractivity contribution in [1.29, 1.82) is 0 Å². The molecular formula is C13H12F2N2O2. The lowest BCUT2D eigenvalue weighted by atomic mass is 10.1. The van der Waals surface area contributed by atoms with E-state index < -0.39 is 17.6 Å². The van der Waals surface area contributed by atoms with Crippen molar-refractivity contribution in [3.63, 3.8) is 0 Å². The van der Waals surface area contributed by atoms with E-state index in [1.165, 1.54) is 23.0 Å². The highest BCUT2D eigenvalue weighted by atomic mass is 19.2. The lowest BCUT2D eigenvalue weighted by Crippen LogP contribution is -2.01. The van der Waals surface area contributed by atoms with Gasteiger partial charge in [0.25, 0.3) is 0 Å². The predicted molar refractivity (Wildman–Crippen MR) is 64.9 cm³/mol. The largest absolute Gasteiger partial charge is 0.478 e. The zero-order valence-electron chi connectivity index (χ0n) is 10.4. The normalized spacial score (nSPS) is 11.0. The number of carbonyl (C=O) groups is 1. The second kappa shape index (κ2) is 4.79. The molecule has 0 radical (unpaired) electrons. The third-order valence-corrected chi connectivity index (χ3v) is 2.70. The van der Waals surface area contributed by atoms with Gasteiger partial charge in [0, 0.05) is 17.8 Å². The molecule has 0 aliphatic heterocycles. The zero-order valence-corrected chi connectivity index (χ0v) is 10.4. The number of carboxylic acids is 1. The molecule has 0 spiro atoms. The molecule has 0 unspecified atom stereocenters. The number of halogens is 2. The second-order valence-corrected chi connectivity index (χ2v) is 4.37. The molecule has 0 aliphatic carbocycles. The van der Waals surface area contributed by atoms with Gasteiger partial charge in [-0.05, 0) is 26.0 Å². The minimum atomic E-state index is -1.23. The average molecular weight is 266 g/mol. The first-order valence-electron chi connectivity index (χ1n) is 5.68. The number of benzene rings is 1. The van der Waals surface area contributed by atoms with Crippen LogP contribution >= 0.6 is 0 Å². The highest BCUT2D eigenvalue weighted by molar-refractivity contribution is 5.94. The van der Waals surface area contributed by atoms with E-state index in [0.29, 0.717) is 0 Å². The van der Waals surface area contributed by atoms with E-state index in [1.807, 2.05) is 13.8 Å². The number of nitrogens with zero attached hydrogens (tertiary/aromatic N) is 2. The Kier molecular flexibility index (Phi) is 3.33. The van der Waals surface area contributed by atoms with Gasteiger partial charge >= 0.3 is 5.97 Å². The van der Waals surface area contributed by atoms with E-state index in [4.69, 9.17) is 5.11 Å². The lowest BCUT2D eigenvalue weighted by Gasteiger charge is -2.04. The molecule has 0 saturated carbocycles. The predicted octanol–water partition coefficient (Wildman–Crippen LogP) is 3.11. The Labute approximate surface area is 108 Å². The first-order chi connectivity index (χ1) is 8.91. The highest BCUT2D eigenvalue weighted by Gasteiger charge is 2.21. The summed E-state index contributed by atoms with van der Waals surface area (Å²) in [6.07, 6.45) is 1.31. The van der Waals surface area contributed by atoms with Crippen LogP contribution in [0.5, 0.6) is 0 Å². The Balaban J connectivity index is 2.67. The molecule has 4 nitrogen and oxygen atoms in total. The summed E-state index contributed by atoms with van der Waals surface area (Å²) in [7, 11) is 0. The smallest absolute Gasteiger partial charge is 0.339 e. The Bertz CT molecular complexity index is 636. The summed E-state index contributed by atoms with van der Waals surface area (Å²) < 4.78 is 28.3. The summed E-state index contributed by atoms with van der Waals surface area (Å²) in [6, 6.07) is 3.51. The van der Waals surface area contributed by atoms with Crippen LogP contribution in [0.3, 0.4) is 0 Å². The van der Waals surface area contributed by atoms with Crippen LogP contribution in [-0.2, 0) is 0 Å². The number of carboxylic acid groups (broad SMARTS) is 1. The molecule has 0 aliphatic rings. The Morgan fingerprint density at radius 3 is 2.63 bits per heavy atom. The first kappa shape index (κ1) is 13.2. The third kappa shape index (κ3) is 2.33. The first-order valence-corrected chi connectivity index (χ1v) is 5.68. The number of hydrogen-bond acceptors (Lipinski definition) is 2. The maximum absolute atomic E-state index is 13.7. The van der Waals surface area contributed by atoms with E-state index in [-0.39, 0.29) is 22.9 Å². The molecule has 2 rings (SSSR count). The molecule has 0 bridgehead atoms. The SMILES string of the molecule is CC(C)n1cc(C(=O)O)c(-c2cccc(F)c2F)n1. The van der Waals surface area contributed by atoms with Crippen molar-refractivity contribution in [3.8, 4) is 11.3 Å². The second-order valence-electron chi connectivity index (χ2n) is 4.37. The Hall–Kier alpha value is -2.24. The molecule has 1 aromatic heterocycles. The van der Waals surface area contributed by atoms with Crippen LogP contribution in [0, 0.1) is 11.6 Å². The van der Waals surface area contributed by atoms with Crippen molar-refractivity contribution in [2.24, 2.45) is 0 Å². The standard InChI is InChI=1S/C13H12F2N2O2/c1-7(2)17-6-9(13(18)19)12(16-17)8-4-3-5-10(14)11(8)15/h3-7H,1-2H3,(H,18,19). The van der Waals surface area contributed by atoms with Gasteiger partial charge in [0.1, 0.15) is 11.3 Å². The van der Waals surface area contributed by atoms with Gasteiger partial charge in [-0.15, -0.1) is 0 Å². The topological polar surface area (TPSA) is 55.1 Å². The van der Waals surface area contributed by atoms with E-state index in [0.717, 1.165) is 6.07 Å². The minimum absolute atomic E-state index is 0.0711.